The van der Waals surface area contributed by atoms with Crippen LogP contribution in [-0.2, 0) is 0 Å². The number of aryl methyl sites for hydroxylation is 1. The molecule has 6 nitrogen and oxygen atoms in total. The molecular formula is C24H20FN3O3. The molecule has 0 radical (unpaired) electrons. The van der Waals surface area contributed by atoms with Crippen LogP contribution in [0, 0.1) is 17.0 Å². The van der Waals surface area contributed by atoms with E-state index in [9.17, 15) is 14.5 Å². The topological polar surface area (TPSA) is 69.7 Å². The van der Waals surface area contributed by atoms with Crippen LogP contribution in [0.15, 0.2) is 67.0 Å². The number of ether oxygens (including phenoxy) is 1. The summed E-state index contributed by atoms with van der Waals surface area (Å²) in [5.74, 6) is 0.278. The first-order valence-electron chi connectivity index (χ1n) is 9.74. The van der Waals surface area contributed by atoms with Crippen LogP contribution in [0.25, 0.3) is 29.1 Å². The summed E-state index contributed by atoms with van der Waals surface area (Å²) in [7, 11) is 0. The molecule has 0 spiro atoms. The molecule has 0 saturated carbocycles. The summed E-state index contributed by atoms with van der Waals surface area (Å²) in [5, 5.41) is 11.0. The summed E-state index contributed by atoms with van der Waals surface area (Å²) in [6, 6.07) is 16.2. The number of hydrogen-bond donors (Lipinski definition) is 0. The van der Waals surface area contributed by atoms with Gasteiger partial charge in [0.1, 0.15) is 24.7 Å². The molecule has 2 heterocycles. The fourth-order valence-electron chi connectivity index (χ4n) is 3.24. The molecule has 0 aliphatic carbocycles. The second kappa shape index (κ2) is 8.79. The first kappa shape index (κ1) is 20.3. The van der Waals surface area contributed by atoms with Crippen molar-refractivity contribution in [3.63, 3.8) is 0 Å². The highest BCUT2D eigenvalue weighted by atomic mass is 18.2. The lowest BCUT2D eigenvalue weighted by Gasteiger charge is -2.07. The third-order valence-electron chi connectivity index (χ3n) is 4.80. The fraction of sp³-hybridized carbons (Fsp3) is 0.125. The minimum atomic E-state index is -0.671. The van der Waals surface area contributed by atoms with Gasteiger partial charge < -0.3 is 9.14 Å². The number of non-ortho nitro benzene ring substituents is 1. The Balaban J connectivity index is 1.56. The molecule has 31 heavy (non-hydrogen) atoms. The van der Waals surface area contributed by atoms with Crippen LogP contribution in [-0.4, -0.2) is 27.6 Å². The second-order valence-electron chi connectivity index (χ2n) is 7.07. The van der Waals surface area contributed by atoms with E-state index < -0.39 is 11.6 Å². The zero-order valence-electron chi connectivity index (χ0n) is 16.9. The summed E-state index contributed by atoms with van der Waals surface area (Å²) in [5.41, 5.74) is 5.43. The third-order valence-corrected chi connectivity index (χ3v) is 4.80. The lowest BCUT2D eigenvalue weighted by atomic mass is 10.1. The summed E-state index contributed by atoms with van der Waals surface area (Å²) in [4.78, 5) is 15.1. The number of benzene rings is 2. The first-order valence-corrected chi connectivity index (χ1v) is 9.74. The summed E-state index contributed by atoms with van der Waals surface area (Å²) < 4.78 is 19.8. The number of rotatable bonds is 7. The van der Waals surface area contributed by atoms with E-state index in [0.717, 1.165) is 28.0 Å². The summed E-state index contributed by atoms with van der Waals surface area (Å²) in [6.07, 6.45) is 7.70. The highest BCUT2D eigenvalue weighted by Crippen LogP contribution is 2.27. The highest BCUT2D eigenvalue weighted by Gasteiger charge is 2.11. The van der Waals surface area contributed by atoms with Crippen molar-refractivity contribution in [3.05, 3.63) is 93.8 Å². The minimum absolute atomic E-state index is 0.0991. The second-order valence-corrected chi connectivity index (χ2v) is 7.07. The van der Waals surface area contributed by atoms with Crippen LogP contribution in [0.5, 0.6) is 5.75 Å². The molecule has 0 aliphatic rings. The van der Waals surface area contributed by atoms with Crippen LogP contribution in [0.3, 0.4) is 0 Å². The van der Waals surface area contributed by atoms with Gasteiger partial charge in [-0.25, -0.2) is 9.37 Å². The normalized spacial score (nSPS) is 11.3. The molecule has 0 fully saturated rings. The molecule has 0 saturated heterocycles. The Morgan fingerprint density at radius 1 is 1.10 bits per heavy atom. The number of fused-ring (bicyclic) bond motifs is 1. The van der Waals surface area contributed by atoms with E-state index >= 15 is 0 Å². The van der Waals surface area contributed by atoms with Gasteiger partial charge >= 0.3 is 0 Å². The van der Waals surface area contributed by atoms with Gasteiger partial charge in [0.2, 0.25) is 0 Å². The number of aromatic nitrogens is 2. The molecule has 2 aromatic heterocycles. The van der Waals surface area contributed by atoms with E-state index in [1.54, 1.807) is 12.1 Å². The lowest BCUT2D eigenvalue weighted by molar-refractivity contribution is -0.384. The highest BCUT2D eigenvalue weighted by molar-refractivity contribution is 5.74. The molecule has 4 rings (SSSR count). The van der Waals surface area contributed by atoms with Crippen LogP contribution < -0.4 is 4.74 Å². The average molecular weight is 416 g/mol. The number of alkyl halides is 1. The molecule has 0 aliphatic heterocycles. The maximum absolute atomic E-state index is 12.5. The zero-order valence-corrected chi connectivity index (χ0v) is 16.9. The average Bonchev–Trinajstić information content (AvgIpc) is 3.20. The SMILES string of the molecule is Cc1ccc2nc(-c3ccc(C=Cc4ccc([N+](=O)[O-])cc4OCC[18F])cc3)cn2c1. The smallest absolute Gasteiger partial charge is 0.273 e. The molecular weight excluding hydrogens is 396 g/mol. The quantitative estimate of drug-likeness (QED) is 0.219. The molecule has 0 N–H and O–H groups in total. The van der Waals surface area contributed by atoms with Crippen LogP contribution in [0.4, 0.5) is 10.1 Å². The van der Waals surface area contributed by atoms with E-state index in [4.69, 9.17) is 4.74 Å². The van der Waals surface area contributed by atoms with Crippen molar-refractivity contribution in [2.75, 3.05) is 13.3 Å². The van der Waals surface area contributed by atoms with Crippen molar-refractivity contribution in [3.8, 4) is 17.0 Å². The van der Waals surface area contributed by atoms with Gasteiger partial charge in [0.25, 0.3) is 5.69 Å². The molecule has 0 bridgehead atoms. The predicted octanol–water partition coefficient (Wildman–Crippen LogP) is 5.74. The Bertz CT molecular complexity index is 1260. The monoisotopic (exact) mass is 416 g/mol. The van der Waals surface area contributed by atoms with Crippen molar-refractivity contribution >= 4 is 23.5 Å². The molecule has 0 atom stereocenters. The van der Waals surface area contributed by atoms with Gasteiger partial charge in [-0.2, -0.15) is 0 Å². The van der Waals surface area contributed by atoms with Crippen LogP contribution in [0.1, 0.15) is 16.7 Å². The number of nitro benzene ring substituents is 1. The molecule has 7 heteroatoms. The van der Waals surface area contributed by atoms with Gasteiger partial charge in [-0.15, -0.1) is 0 Å². The van der Waals surface area contributed by atoms with Gasteiger partial charge in [0, 0.05) is 29.6 Å². The maximum Gasteiger partial charge on any atom is 0.273 e. The Labute approximate surface area is 178 Å². The van der Waals surface area contributed by atoms with Gasteiger partial charge in [0.15, 0.2) is 0 Å². The Morgan fingerprint density at radius 2 is 1.90 bits per heavy atom. The standard InChI is InChI=1S/C24H20FN3O3/c1-17-2-11-24-26-22(16-27(24)15-17)19-6-3-18(4-7-19)5-8-20-9-10-21(28(29)30)14-23(20)31-13-12-25/h2-11,14-16H,12-13H2,1H3/i25-1. The van der Waals surface area contributed by atoms with E-state index in [0.29, 0.717) is 5.56 Å². The first-order chi connectivity index (χ1) is 15.0. The molecule has 0 amide bonds. The van der Waals surface area contributed by atoms with Gasteiger partial charge in [0.05, 0.1) is 16.7 Å². The molecule has 4 aromatic rings. The summed E-state index contributed by atoms with van der Waals surface area (Å²) >= 11 is 0. The van der Waals surface area contributed by atoms with Crippen LogP contribution in [0.2, 0.25) is 0 Å². The van der Waals surface area contributed by atoms with E-state index in [2.05, 4.69) is 4.98 Å². The predicted molar refractivity (Wildman–Crippen MR) is 119 cm³/mol. The number of hydrogen-bond acceptors (Lipinski definition) is 4. The number of nitrogens with zero attached hydrogens (tertiary/aromatic N) is 3. The van der Waals surface area contributed by atoms with Crippen LogP contribution >= 0.6 is 0 Å². The number of nitro groups is 1. The van der Waals surface area contributed by atoms with Crippen molar-refractivity contribution in [2.45, 2.75) is 6.92 Å². The number of halogens is 1. The molecule has 2 aromatic carbocycles. The Kier molecular flexibility index (Phi) is 5.75. The van der Waals surface area contributed by atoms with Crippen molar-refractivity contribution in [1.29, 1.82) is 0 Å². The number of imidazole rings is 1. The fourth-order valence-corrected chi connectivity index (χ4v) is 3.24. The zero-order chi connectivity index (χ0) is 21.8. The lowest BCUT2D eigenvalue weighted by Crippen LogP contribution is -2.01. The van der Waals surface area contributed by atoms with Crippen molar-refractivity contribution < 1.29 is 14.1 Å². The Hall–Kier alpha value is -4.00. The largest absolute Gasteiger partial charge is 0.490 e. The van der Waals surface area contributed by atoms with Gasteiger partial charge in [-0.3, -0.25) is 10.1 Å². The van der Waals surface area contributed by atoms with E-state index in [-0.39, 0.29) is 18.0 Å². The van der Waals surface area contributed by atoms with E-state index in [1.807, 2.05) is 66.2 Å². The van der Waals surface area contributed by atoms with Gasteiger partial charge in [-0.1, -0.05) is 42.5 Å². The third kappa shape index (κ3) is 4.61. The number of pyridine rings is 1. The Morgan fingerprint density at radius 3 is 2.65 bits per heavy atom. The summed E-state index contributed by atoms with van der Waals surface area (Å²) in [6.45, 7) is 1.21. The molecule has 0 unspecified atom stereocenters. The minimum Gasteiger partial charge on any atom is -0.490 e. The molecule has 156 valence electrons. The maximum atomic E-state index is 12.5. The van der Waals surface area contributed by atoms with E-state index in [1.165, 1.54) is 12.1 Å². The van der Waals surface area contributed by atoms with Crippen molar-refractivity contribution in [2.24, 2.45) is 0 Å². The van der Waals surface area contributed by atoms with Crippen molar-refractivity contribution in [1.82, 2.24) is 9.38 Å². The van der Waals surface area contributed by atoms with Gasteiger partial charge in [-0.05, 0) is 30.2 Å².